The molecule has 98 valence electrons. The molecule has 6 heteroatoms. The highest BCUT2D eigenvalue weighted by Crippen LogP contribution is 2.27. The lowest BCUT2D eigenvalue weighted by atomic mass is 10.2. The summed E-state index contributed by atoms with van der Waals surface area (Å²) in [6.07, 6.45) is 1.42. The quantitative estimate of drug-likeness (QED) is 0.314. The number of rotatable bonds is 8. The number of nitro benzene ring substituents is 1. The van der Waals surface area contributed by atoms with Gasteiger partial charge in [0.15, 0.2) is 5.75 Å². The number of carbonyl (C=O) groups excluding carboxylic acids is 1. The Bertz CT molecular complexity index is 423. The first-order valence-electron chi connectivity index (χ1n) is 5.63. The highest BCUT2D eigenvalue weighted by molar-refractivity contribution is 7.99. The third-order valence-corrected chi connectivity index (χ3v) is 3.20. The van der Waals surface area contributed by atoms with Crippen molar-refractivity contribution in [3.63, 3.8) is 0 Å². The summed E-state index contributed by atoms with van der Waals surface area (Å²) in [5.74, 6) is 2.23. The molecule has 18 heavy (non-hydrogen) atoms. The van der Waals surface area contributed by atoms with Gasteiger partial charge in [0.25, 0.3) is 0 Å². The first-order chi connectivity index (χ1) is 8.69. The number of benzene rings is 1. The summed E-state index contributed by atoms with van der Waals surface area (Å²) < 4.78 is 5.37. The Morgan fingerprint density at radius 2 is 2.28 bits per heavy atom. The van der Waals surface area contributed by atoms with E-state index in [2.05, 4.69) is 6.92 Å². The van der Waals surface area contributed by atoms with E-state index in [-0.39, 0.29) is 17.0 Å². The van der Waals surface area contributed by atoms with Crippen molar-refractivity contribution >= 4 is 23.7 Å². The summed E-state index contributed by atoms with van der Waals surface area (Å²) >= 11 is 1.80. The smallest absolute Gasteiger partial charge is 0.311 e. The molecule has 0 fully saturated rings. The molecule has 5 nitrogen and oxygen atoms in total. The number of hydrogen-bond donors (Lipinski definition) is 0. The molecule has 1 aromatic rings. The number of carbonyl (C=O) groups is 1. The van der Waals surface area contributed by atoms with Crippen molar-refractivity contribution in [2.75, 3.05) is 18.1 Å². The number of nitrogens with zero attached hydrogens (tertiary/aromatic N) is 1. The summed E-state index contributed by atoms with van der Waals surface area (Å²) in [6.45, 7) is 2.52. The van der Waals surface area contributed by atoms with E-state index < -0.39 is 4.92 Å². The molecule has 0 saturated heterocycles. The Kier molecular flexibility index (Phi) is 6.21. The van der Waals surface area contributed by atoms with Crippen LogP contribution in [0.2, 0.25) is 0 Å². The molecule has 0 aliphatic carbocycles. The van der Waals surface area contributed by atoms with E-state index in [0.717, 1.165) is 17.9 Å². The fourth-order valence-electron chi connectivity index (χ4n) is 1.36. The van der Waals surface area contributed by atoms with Gasteiger partial charge in [-0.25, -0.2) is 0 Å². The summed E-state index contributed by atoms with van der Waals surface area (Å²) in [5, 5.41) is 10.8. The molecule has 0 amide bonds. The van der Waals surface area contributed by atoms with Gasteiger partial charge in [-0.1, -0.05) is 6.92 Å². The number of hydrogen-bond acceptors (Lipinski definition) is 5. The average molecular weight is 269 g/mol. The van der Waals surface area contributed by atoms with Crippen LogP contribution in [0.1, 0.15) is 23.7 Å². The molecule has 1 aromatic carbocycles. The fraction of sp³-hybridized carbons (Fsp3) is 0.417. The zero-order valence-electron chi connectivity index (χ0n) is 10.1. The van der Waals surface area contributed by atoms with Gasteiger partial charge in [0.05, 0.1) is 11.5 Å². The largest absolute Gasteiger partial charge is 0.487 e. The summed E-state index contributed by atoms with van der Waals surface area (Å²) in [6, 6.07) is 4.20. The second kappa shape index (κ2) is 7.71. The number of nitro groups is 1. The molecule has 0 aliphatic heterocycles. The maximum absolute atomic E-state index is 10.8. The minimum Gasteiger partial charge on any atom is -0.487 e. The first kappa shape index (κ1) is 14.5. The Balaban J connectivity index is 2.64. The Hall–Kier alpha value is -1.56. The highest BCUT2D eigenvalue weighted by atomic mass is 32.2. The second-order valence-corrected chi connectivity index (χ2v) is 4.89. The van der Waals surface area contributed by atoms with Crippen molar-refractivity contribution in [3.05, 3.63) is 33.9 Å². The molecule has 0 spiro atoms. The van der Waals surface area contributed by atoms with E-state index in [9.17, 15) is 14.9 Å². The molecule has 0 radical (unpaired) electrons. The van der Waals surface area contributed by atoms with E-state index in [1.54, 1.807) is 11.8 Å². The number of aldehydes is 1. The molecular weight excluding hydrogens is 254 g/mol. The van der Waals surface area contributed by atoms with Gasteiger partial charge in [-0.3, -0.25) is 14.9 Å². The van der Waals surface area contributed by atoms with E-state index in [4.69, 9.17) is 4.74 Å². The maximum atomic E-state index is 10.8. The zero-order valence-corrected chi connectivity index (χ0v) is 10.9. The topological polar surface area (TPSA) is 69.4 Å². The third kappa shape index (κ3) is 4.37. The van der Waals surface area contributed by atoms with Gasteiger partial charge in [-0.2, -0.15) is 11.8 Å². The van der Waals surface area contributed by atoms with Gasteiger partial charge in [-0.15, -0.1) is 0 Å². The minimum atomic E-state index is -0.539. The molecule has 0 saturated carbocycles. The summed E-state index contributed by atoms with van der Waals surface area (Å²) in [5.41, 5.74) is 0.110. The monoisotopic (exact) mass is 269 g/mol. The predicted molar refractivity (Wildman–Crippen MR) is 71.6 cm³/mol. The van der Waals surface area contributed by atoms with Crippen LogP contribution >= 0.6 is 11.8 Å². The fourth-order valence-corrected chi connectivity index (χ4v) is 1.97. The van der Waals surface area contributed by atoms with Crippen LogP contribution < -0.4 is 4.74 Å². The zero-order chi connectivity index (χ0) is 13.4. The van der Waals surface area contributed by atoms with Gasteiger partial charge in [0.1, 0.15) is 6.29 Å². The van der Waals surface area contributed by atoms with Crippen LogP contribution in [0.4, 0.5) is 5.69 Å². The lowest BCUT2D eigenvalue weighted by Crippen LogP contribution is -2.02. The van der Waals surface area contributed by atoms with Crippen molar-refractivity contribution in [2.45, 2.75) is 13.3 Å². The normalized spacial score (nSPS) is 10.1. The maximum Gasteiger partial charge on any atom is 0.311 e. The molecule has 0 aromatic heterocycles. The molecule has 1 rings (SSSR count). The van der Waals surface area contributed by atoms with E-state index in [1.807, 2.05) is 0 Å². The van der Waals surface area contributed by atoms with Crippen LogP contribution in [0.25, 0.3) is 0 Å². The van der Waals surface area contributed by atoms with Crippen molar-refractivity contribution in [3.8, 4) is 5.75 Å². The molecular formula is C12H15NO4S. The number of ether oxygens (including phenoxy) is 1. The van der Waals surface area contributed by atoms with Gasteiger partial charge < -0.3 is 4.74 Å². The van der Waals surface area contributed by atoms with Crippen LogP contribution in [-0.2, 0) is 0 Å². The standard InChI is InChI=1S/C12H15NO4S/c1-2-18-7-3-6-17-12-5-4-10(9-14)8-11(12)13(15)16/h4-5,8-9H,2-3,6-7H2,1H3. The summed E-state index contributed by atoms with van der Waals surface area (Å²) in [4.78, 5) is 20.9. The Morgan fingerprint density at radius 1 is 1.50 bits per heavy atom. The van der Waals surface area contributed by atoms with Crippen molar-refractivity contribution < 1.29 is 14.5 Å². The van der Waals surface area contributed by atoms with Crippen LogP contribution in [0, 0.1) is 10.1 Å². The molecule has 0 heterocycles. The van der Waals surface area contributed by atoms with E-state index >= 15 is 0 Å². The van der Waals surface area contributed by atoms with E-state index in [0.29, 0.717) is 12.9 Å². The van der Waals surface area contributed by atoms with Crippen LogP contribution in [0.3, 0.4) is 0 Å². The van der Waals surface area contributed by atoms with Crippen molar-refractivity contribution in [2.24, 2.45) is 0 Å². The molecule has 0 unspecified atom stereocenters. The van der Waals surface area contributed by atoms with E-state index in [1.165, 1.54) is 18.2 Å². The summed E-state index contributed by atoms with van der Waals surface area (Å²) in [7, 11) is 0. The van der Waals surface area contributed by atoms with Gasteiger partial charge in [0.2, 0.25) is 0 Å². The molecule has 0 N–H and O–H groups in total. The van der Waals surface area contributed by atoms with Crippen molar-refractivity contribution in [1.82, 2.24) is 0 Å². The van der Waals surface area contributed by atoms with Crippen LogP contribution in [0.5, 0.6) is 5.75 Å². The van der Waals surface area contributed by atoms with Gasteiger partial charge in [0, 0.05) is 11.6 Å². The average Bonchev–Trinajstić information content (AvgIpc) is 2.38. The third-order valence-electron chi connectivity index (χ3n) is 2.21. The van der Waals surface area contributed by atoms with Crippen LogP contribution in [0.15, 0.2) is 18.2 Å². The SMILES string of the molecule is CCSCCCOc1ccc(C=O)cc1[N+](=O)[O-]. The number of thioether (sulfide) groups is 1. The first-order valence-corrected chi connectivity index (χ1v) is 6.78. The van der Waals surface area contributed by atoms with Crippen LogP contribution in [-0.4, -0.2) is 29.3 Å². The molecule has 0 atom stereocenters. The lowest BCUT2D eigenvalue weighted by Gasteiger charge is -2.06. The van der Waals surface area contributed by atoms with Gasteiger partial charge in [-0.05, 0) is 30.1 Å². The Labute approximate surface area is 110 Å². The predicted octanol–water partition coefficient (Wildman–Crippen LogP) is 2.93. The Morgan fingerprint density at radius 3 is 2.89 bits per heavy atom. The second-order valence-electron chi connectivity index (χ2n) is 3.50. The molecule has 0 aliphatic rings. The minimum absolute atomic E-state index is 0.164. The lowest BCUT2D eigenvalue weighted by molar-refractivity contribution is -0.385. The highest BCUT2D eigenvalue weighted by Gasteiger charge is 2.15. The van der Waals surface area contributed by atoms with Crippen molar-refractivity contribution in [1.29, 1.82) is 0 Å². The van der Waals surface area contributed by atoms with Gasteiger partial charge >= 0.3 is 5.69 Å². The molecule has 0 bridgehead atoms.